The van der Waals surface area contributed by atoms with Gasteiger partial charge in [-0.3, -0.25) is 37.4 Å². The number of nitrogens with two attached hydrogens (primary N) is 2. The van der Waals surface area contributed by atoms with Gasteiger partial charge in [-0.2, -0.15) is 0 Å². The molecular weight excluding hydrogens is 1250 g/mol. The van der Waals surface area contributed by atoms with Crippen LogP contribution in [-0.4, -0.2) is 146 Å². The third-order valence-corrected chi connectivity index (χ3v) is 15.5. The van der Waals surface area contributed by atoms with Crippen LogP contribution in [0.4, 0.5) is 23.3 Å². The second-order valence-corrected chi connectivity index (χ2v) is 22.5. The number of aliphatic imine (C=N–C) groups is 2. The Hall–Kier alpha value is -12.8. The molecule has 22 heteroatoms. The van der Waals surface area contributed by atoms with Gasteiger partial charge >= 0.3 is 0 Å². The molecule has 5 heterocycles. The first kappa shape index (κ1) is 69.0. The molecule has 0 spiro atoms. The minimum Gasteiger partial charge on any atom is -0.497 e. The van der Waals surface area contributed by atoms with Crippen LogP contribution in [0.3, 0.4) is 0 Å². The predicted octanol–water partition coefficient (Wildman–Crippen LogP) is 12.4. The Labute approximate surface area is 573 Å². The van der Waals surface area contributed by atoms with Gasteiger partial charge in [0.15, 0.2) is 23.3 Å². The van der Waals surface area contributed by atoms with Crippen molar-refractivity contribution < 1.29 is 38.1 Å². The minimum absolute atomic E-state index is 0.126. The summed E-state index contributed by atoms with van der Waals surface area (Å²) in [5.41, 5.74) is 20.3. The van der Waals surface area contributed by atoms with Crippen LogP contribution in [0, 0.1) is 13.8 Å². The van der Waals surface area contributed by atoms with E-state index < -0.39 is 0 Å². The van der Waals surface area contributed by atoms with Crippen molar-refractivity contribution in [2.45, 2.75) is 13.8 Å². The fourth-order valence-electron chi connectivity index (χ4n) is 10.4. The van der Waals surface area contributed by atoms with E-state index in [0.29, 0.717) is 75.7 Å². The predicted molar refractivity (Wildman–Crippen MR) is 384 cm³/mol. The van der Waals surface area contributed by atoms with Crippen LogP contribution in [0.1, 0.15) is 75.6 Å². The van der Waals surface area contributed by atoms with Crippen LogP contribution < -0.4 is 25.7 Å². The zero-order valence-corrected chi connectivity index (χ0v) is 55.8. The maximum Gasteiger partial charge on any atom is 0.213 e. The van der Waals surface area contributed by atoms with Gasteiger partial charge in [0.05, 0.1) is 47.2 Å². The number of ether oxygens (including phenoxy) is 4. The van der Waals surface area contributed by atoms with E-state index in [1.54, 1.807) is 120 Å². The molecule has 0 amide bonds. The monoisotopic (exact) mass is 1320 g/mol. The lowest BCUT2D eigenvalue weighted by Gasteiger charge is -2.23. The molecule has 500 valence electrons. The quantitative estimate of drug-likeness (QED) is 0.0433. The number of nitrogen functional groups attached to an aromatic ring is 2. The number of hydrogen-bond donors (Lipinski definition) is 2. The summed E-state index contributed by atoms with van der Waals surface area (Å²) >= 11 is 0. The number of imidazole rings is 4. The first-order chi connectivity index (χ1) is 48.1. The van der Waals surface area contributed by atoms with Gasteiger partial charge < -0.3 is 40.2 Å². The molecule has 12 aromatic rings. The summed E-state index contributed by atoms with van der Waals surface area (Å²) in [4.78, 5) is 81.7. The smallest absolute Gasteiger partial charge is 0.213 e. The van der Waals surface area contributed by atoms with Crippen LogP contribution in [-0.2, 0) is 4.74 Å². The third-order valence-electron chi connectivity index (χ3n) is 15.5. The Bertz CT molecular complexity index is 4720. The van der Waals surface area contributed by atoms with Gasteiger partial charge in [0.25, 0.3) is 0 Å². The van der Waals surface area contributed by atoms with E-state index in [0.717, 1.165) is 58.7 Å². The van der Waals surface area contributed by atoms with Gasteiger partial charge in [-0.1, -0.05) is 139 Å². The Balaban J connectivity index is 0.000000144. The molecule has 0 saturated carbocycles. The molecule has 0 radical (unpaired) electrons. The van der Waals surface area contributed by atoms with Crippen LogP contribution in [0.15, 0.2) is 247 Å². The Morgan fingerprint density at radius 2 is 0.798 bits per heavy atom. The highest BCUT2D eigenvalue weighted by Gasteiger charge is 2.25. The Morgan fingerprint density at radius 1 is 0.444 bits per heavy atom. The summed E-state index contributed by atoms with van der Waals surface area (Å²) in [6.45, 7) is 6.74. The number of nitrogens with zero attached hydrogens (tertiary/aromatic N) is 12. The molecule has 1 aliphatic heterocycles. The van der Waals surface area contributed by atoms with Gasteiger partial charge in [0, 0.05) is 72.2 Å². The zero-order chi connectivity index (χ0) is 69.8. The molecule has 0 unspecified atom stereocenters. The van der Waals surface area contributed by atoms with Crippen LogP contribution in [0.25, 0.3) is 22.7 Å². The lowest BCUT2D eigenvalue weighted by Crippen LogP contribution is -2.35. The molecule has 1 fully saturated rings. The Morgan fingerprint density at radius 3 is 1.19 bits per heavy atom. The van der Waals surface area contributed by atoms with Crippen molar-refractivity contribution in [2.75, 3.05) is 73.2 Å². The summed E-state index contributed by atoms with van der Waals surface area (Å²) in [5.74, 6) is 3.61. The highest BCUT2D eigenvalue weighted by molar-refractivity contribution is 6.13. The number of carbonyl (C=O) groups is 4. The van der Waals surface area contributed by atoms with Gasteiger partial charge in [-0.25, -0.2) is 29.9 Å². The molecule has 1 aliphatic rings. The molecular formula is C77H74N14O8. The van der Waals surface area contributed by atoms with Crippen molar-refractivity contribution in [1.29, 1.82) is 0 Å². The third kappa shape index (κ3) is 17.0. The number of morpholine rings is 1. The van der Waals surface area contributed by atoms with Crippen molar-refractivity contribution >= 4 is 59.1 Å². The minimum atomic E-state index is -0.161. The van der Waals surface area contributed by atoms with E-state index in [4.69, 9.17) is 30.4 Å². The van der Waals surface area contributed by atoms with Crippen molar-refractivity contribution in [3.8, 4) is 40.0 Å². The second-order valence-electron chi connectivity index (χ2n) is 22.5. The standard InChI is InChI=1S/C22H22N4O3.C20H20N4O2.C18H17N3O.C17H15N3O2/c1-28-19-9-7-18(8-10-19)26-16-24-22(23-15-25-11-13-29-14-12-25)20(26)21(27)17-5-3-2-4-6-17;1-23(2)13-21-20-18(19(25)15-7-5-4-6-8-15)24(14-22-20)16-9-11-17(26-3)12-10-16;1-12-8-10-15(11-9-12)21-13(2)20-18(19)16(21)17(22)14-6-4-3-5-7-14;1-22-14-9-7-13(8-10-14)20-11-19-17(18)15(20)16(21)12-5-3-2-4-6-12/h2-10,15-16H,11-14H2,1H3;4-14H,1-3H3;3-11H,19H2,1-2H3;2-11H,18H2,1H3. The number of hydrogen-bond acceptors (Lipinski definition) is 16. The van der Waals surface area contributed by atoms with Crippen molar-refractivity contribution in [3.05, 3.63) is 294 Å². The lowest BCUT2D eigenvalue weighted by atomic mass is 10.1. The first-order valence-electron chi connectivity index (χ1n) is 31.4. The maximum atomic E-state index is 13.3. The highest BCUT2D eigenvalue weighted by atomic mass is 16.5. The van der Waals surface area contributed by atoms with Crippen molar-refractivity contribution in [1.82, 2.24) is 48.0 Å². The van der Waals surface area contributed by atoms with E-state index in [9.17, 15) is 19.2 Å². The SMILES string of the molecule is COc1ccc(-n2cnc(N)c2C(=O)c2ccccc2)cc1.COc1ccc(-n2cnc(N=CN(C)C)c2C(=O)c2ccccc2)cc1.COc1ccc(-n2cnc(N=CN3CCOCC3)c2C(=O)c2ccccc2)cc1.Cc1ccc(-n2c(C)nc(N)c2C(=O)c2ccccc2)cc1. The number of ketones is 4. The van der Waals surface area contributed by atoms with Gasteiger partial charge in [-0.15, -0.1) is 0 Å². The molecule has 4 N–H and O–H groups in total. The number of rotatable bonds is 19. The molecule has 0 aliphatic carbocycles. The average Bonchev–Trinajstić information content (AvgIpc) is 1.69. The molecule has 1 saturated heterocycles. The van der Waals surface area contributed by atoms with E-state index in [2.05, 4.69) is 34.8 Å². The second kappa shape index (κ2) is 33.0. The zero-order valence-electron chi connectivity index (χ0n) is 55.8. The molecule has 99 heavy (non-hydrogen) atoms. The number of benzene rings is 8. The molecule has 4 aromatic heterocycles. The first-order valence-corrected chi connectivity index (χ1v) is 31.4. The van der Waals surface area contributed by atoms with Crippen molar-refractivity contribution in [3.63, 3.8) is 0 Å². The molecule has 0 atom stereocenters. The molecule has 8 aromatic carbocycles. The fourth-order valence-corrected chi connectivity index (χ4v) is 10.4. The van der Waals surface area contributed by atoms with Crippen LogP contribution in [0.5, 0.6) is 17.2 Å². The Kier molecular flexibility index (Phi) is 23.0. The normalized spacial score (nSPS) is 11.7. The van der Waals surface area contributed by atoms with Crippen molar-refractivity contribution in [2.24, 2.45) is 9.98 Å². The number of anilines is 2. The lowest BCUT2D eigenvalue weighted by molar-refractivity contribution is 0.0701. The maximum absolute atomic E-state index is 13.3. The van der Waals surface area contributed by atoms with E-state index >= 15 is 0 Å². The van der Waals surface area contributed by atoms with Gasteiger partial charge in [0.2, 0.25) is 23.1 Å². The van der Waals surface area contributed by atoms with Crippen LogP contribution in [0.2, 0.25) is 0 Å². The number of methoxy groups -OCH3 is 3. The summed E-state index contributed by atoms with van der Waals surface area (Å²) in [7, 11) is 8.57. The van der Waals surface area contributed by atoms with Crippen LogP contribution >= 0.6 is 0 Å². The fraction of sp³-hybridized carbons (Fsp3) is 0.143. The summed E-state index contributed by atoms with van der Waals surface area (Å²) in [5, 5.41) is 0. The summed E-state index contributed by atoms with van der Waals surface area (Å²) in [6, 6.07) is 66.6. The van der Waals surface area contributed by atoms with E-state index in [1.165, 1.54) is 0 Å². The average molecular weight is 1320 g/mol. The van der Waals surface area contributed by atoms with E-state index in [1.807, 2.05) is 202 Å². The number of carbonyl (C=O) groups excluding carboxylic acids is 4. The number of aromatic nitrogens is 8. The van der Waals surface area contributed by atoms with Gasteiger partial charge in [-0.05, 0) is 98.8 Å². The number of aryl methyl sites for hydroxylation is 2. The highest BCUT2D eigenvalue weighted by Crippen LogP contribution is 2.30. The topological polar surface area (TPSA) is 260 Å². The summed E-state index contributed by atoms with van der Waals surface area (Å²) in [6.07, 6.45) is 8.16. The van der Waals surface area contributed by atoms with E-state index in [-0.39, 0.29) is 34.8 Å². The van der Waals surface area contributed by atoms with Gasteiger partial charge in [0.1, 0.15) is 64.8 Å². The summed E-state index contributed by atoms with van der Waals surface area (Å²) < 4.78 is 27.9. The largest absolute Gasteiger partial charge is 0.497 e. The molecule has 13 rings (SSSR count). The molecule has 22 nitrogen and oxygen atoms in total. The molecule has 0 bridgehead atoms.